The van der Waals surface area contributed by atoms with Crippen LogP contribution in [-0.2, 0) is 0 Å². The van der Waals surface area contributed by atoms with Gasteiger partial charge < -0.3 is 18.9 Å². The number of methoxy groups -OCH3 is 3. The summed E-state index contributed by atoms with van der Waals surface area (Å²) in [5.74, 6) is 1.82. The third kappa shape index (κ3) is 4.49. The summed E-state index contributed by atoms with van der Waals surface area (Å²) in [6.45, 7) is 2.34. The highest BCUT2D eigenvalue weighted by Crippen LogP contribution is 2.36. The molecule has 0 saturated heterocycles. The third-order valence-corrected chi connectivity index (χ3v) is 3.92. The second-order valence-corrected chi connectivity index (χ2v) is 5.64. The highest BCUT2D eigenvalue weighted by Gasteiger charge is 2.13. The summed E-state index contributed by atoms with van der Waals surface area (Å²) in [6, 6.07) is 8.53. The number of benzene rings is 2. The van der Waals surface area contributed by atoms with Crippen LogP contribution in [0.2, 0.25) is 5.02 Å². The molecule has 0 unspecified atom stereocenters. The molecule has 2 aromatic carbocycles. The number of halogens is 1. The minimum atomic E-state index is -0.217. The fourth-order valence-electron chi connectivity index (χ4n) is 2.41. The van der Waals surface area contributed by atoms with Gasteiger partial charge in [0.15, 0.2) is 17.3 Å². The average molecular weight is 377 g/mol. The van der Waals surface area contributed by atoms with Crippen LogP contribution in [0.4, 0.5) is 0 Å². The second-order valence-electron chi connectivity index (χ2n) is 5.23. The summed E-state index contributed by atoms with van der Waals surface area (Å²) in [4.78, 5) is 12.6. The monoisotopic (exact) mass is 376 g/mol. The molecule has 0 aromatic heterocycles. The van der Waals surface area contributed by atoms with Gasteiger partial charge in [0.1, 0.15) is 11.5 Å². The lowest BCUT2D eigenvalue weighted by Crippen LogP contribution is -2.00. The molecular weight excluding hydrogens is 356 g/mol. The molecule has 0 fully saturated rings. The molecule has 0 aliphatic rings. The van der Waals surface area contributed by atoms with Crippen molar-refractivity contribution in [1.29, 1.82) is 0 Å². The Labute approximate surface area is 158 Å². The summed E-state index contributed by atoms with van der Waals surface area (Å²) in [7, 11) is 4.58. The molecule has 0 radical (unpaired) electrons. The van der Waals surface area contributed by atoms with Gasteiger partial charge in [0, 0.05) is 0 Å². The van der Waals surface area contributed by atoms with Crippen molar-refractivity contribution in [3.05, 3.63) is 52.6 Å². The summed E-state index contributed by atoms with van der Waals surface area (Å²) in [6.07, 6.45) is 3.11. The van der Waals surface area contributed by atoms with Gasteiger partial charge in [0.25, 0.3) is 0 Å². The maximum atomic E-state index is 12.6. The quantitative estimate of drug-likeness (QED) is 0.495. The summed E-state index contributed by atoms with van der Waals surface area (Å²) in [5, 5.41) is 0.407. The van der Waals surface area contributed by atoms with Gasteiger partial charge in [0.05, 0.1) is 38.5 Å². The number of carbonyl (C=O) groups excluding carboxylic acids is 1. The zero-order valence-corrected chi connectivity index (χ0v) is 15.9. The van der Waals surface area contributed by atoms with Gasteiger partial charge in [-0.3, -0.25) is 4.79 Å². The van der Waals surface area contributed by atoms with E-state index < -0.39 is 0 Å². The van der Waals surface area contributed by atoms with Crippen LogP contribution in [0.1, 0.15) is 22.8 Å². The van der Waals surface area contributed by atoms with Crippen LogP contribution in [0, 0.1) is 0 Å². The lowest BCUT2D eigenvalue weighted by atomic mass is 10.1. The third-order valence-electron chi connectivity index (χ3n) is 3.64. The molecule has 0 amide bonds. The van der Waals surface area contributed by atoms with Gasteiger partial charge in [-0.05, 0) is 48.9 Å². The lowest BCUT2D eigenvalue weighted by molar-refractivity contribution is 0.104. The molecule has 0 bridgehead atoms. The molecule has 6 heteroatoms. The summed E-state index contributed by atoms with van der Waals surface area (Å²) >= 11 is 6.23. The summed E-state index contributed by atoms with van der Waals surface area (Å²) in [5.41, 5.74) is 1.13. The Balaban J connectivity index is 2.33. The van der Waals surface area contributed by atoms with E-state index in [9.17, 15) is 4.79 Å². The molecule has 2 rings (SSSR count). The summed E-state index contributed by atoms with van der Waals surface area (Å²) < 4.78 is 21.2. The Hall–Kier alpha value is -2.66. The van der Waals surface area contributed by atoms with E-state index >= 15 is 0 Å². The number of rotatable bonds is 8. The molecule has 0 heterocycles. The smallest absolute Gasteiger partial charge is 0.189 e. The average Bonchev–Trinajstić information content (AvgIpc) is 2.65. The van der Waals surface area contributed by atoms with Crippen molar-refractivity contribution in [2.75, 3.05) is 27.9 Å². The maximum Gasteiger partial charge on any atom is 0.189 e. The largest absolute Gasteiger partial charge is 0.497 e. The highest BCUT2D eigenvalue weighted by atomic mass is 35.5. The minimum absolute atomic E-state index is 0.217. The molecular formula is C20H21ClO5. The van der Waals surface area contributed by atoms with E-state index in [0.29, 0.717) is 40.2 Å². The fraction of sp³-hybridized carbons (Fsp3) is 0.250. The van der Waals surface area contributed by atoms with Gasteiger partial charge in [-0.2, -0.15) is 0 Å². The van der Waals surface area contributed by atoms with E-state index in [1.807, 2.05) is 6.92 Å². The standard InChI is InChI=1S/C20H21ClO5/c1-5-26-19-11-13(10-16(21)20(19)25-4)6-8-17(22)15-12-14(23-2)7-9-18(15)24-3/h6-12H,5H2,1-4H3. The first-order valence-electron chi connectivity index (χ1n) is 7.98. The molecule has 0 N–H and O–H groups in total. The van der Waals surface area contributed by atoms with E-state index in [0.717, 1.165) is 5.56 Å². The molecule has 0 aliphatic carbocycles. The van der Waals surface area contributed by atoms with E-state index in [1.54, 1.807) is 43.5 Å². The van der Waals surface area contributed by atoms with E-state index in [1.165, 1.54) is 20.3 Å². The second kappa shape index (κ2) is 9.15. The van der Waals surface area contributed by atoms with Crippen molar-refractivity contribution in [3.63, 3.8) is 0 Å². The Kier molecular flexibility index (Phi) is 6.92. The van der Waals surface area contributed by atoms with E-state index in [2.05, 4.69) is 0 Å². The zero-order valence-electron chi connectivity index (χ0n) is 15.2. The number of ether oxygens (including phenoxy) is 4. The Morgan fingerprint density at radius 2 is 1.81 bits per heavy atom. The van der Waals surface area contributed by atoms with Crippen LogP contribution >= 0.6 is 11.6 Å². The first-order valence-corrected chi connectivity index (χ1v) is 8.36. The highest BCUT2D eigenvalue weighted by molar-refractivity contribution is 6.32. The van der Waals surface area contributed by atoms with E-state index in [4.69, 9.17) is 30.5 Å². The van der Waals surface area contributed by atoms with Crippen LogP contribution in [0.15, 0.2) is 36.4 Å². The Morgan fingerprint density at radius 3 is 2.42 bits per heavy atom. The van der Waals surface area contributed by atoms with Crippen LogP contribution in [0.25, 0.3) is 6.08 Å². The van der Waals surface area contributed by atoms with Gasteiger partial charge in [0.2, 0.25) is 0 Å². The van der Waals surface area contributed by atoms with Crippen molar-refractivity contribution >= 4 is 23.5 Å². The molecule has 26 heavy (non-hydrogen) atoms. The van der Waals surface area contributed by atoms with Crippen molar-refractivity contribution < 1.29 is 23.7 Å². The van der Waals surface area contributed by atoms with Crippen molar-refractivity contribution in [2.45, 2.75) is 6.92 Å². The topological polar surface area (TPSA) is 54.0 Å². The van der Waals surface area contributed by atoms with Gasteiger partial charge in [-0.15, -0.1) is 0 Å². The zero-order chi connectivity index (χ0) is 19.1. The van der Waals surface area contributed by atoms with Crippen LogP contribution in [-0.4, -0.2) is 33.7 Å². The van der Waals surface area contributed by atoms with Crippen LogP contribution in [0.3, 0.4) is 0 Å². The minimum Gasteiger partial charge on any atom is -0.497 e. The number of hydrogen-bond acceptors (Lipinski definition) is 5. The van der Waals surface area contributed by atoms with Crippen LogP contribution < -0.4 is 18.9 Å². The first kappa shape index (κ1) is 19.7. The molecule has 0 atom stereocenters. The Morgan fingerprint density at radius 1 is 1.04 bits per heavy atom. The number of ketones is 1. The SMILES string of the molecule is CCOc1cc(C=CC(=O)c2cc(OC)ccc2OC)cc(Cl)c1OC. The molecule has 2 aromatic rings. The number of carbonyl (C=O) groups is 1. The van der Waals surface area contributed by atoms with Gasteiger partial charge in [-0.1, -0.05) is 17.7 Å². The first-order chi connectivity index (χ1) is 12.5. The number of hydrogen-bond donors (Lipinski definition) is 0. The lowest BCUT2D eigenvalue weighted by Gasteiger charge is -2.12. The van der Waals surface area contributed by atoms with Gasteiger partial charge >= 0.3 is 0 Å². The van der Waals surface area contributed by atoms with Crippen molar-refractivity contribution in [1.82, 2.24) is 0 Å². The predicted molar refractivity (Wildman–Crippen MR) is 102 cm³/mol. The molecule has 0 spiro atoms. The maximum absolute atomic E-state index is 12.6. The molecule has 138 valence electrons. The molecule has 0 saturated carbocycles. The normalized spacial score (nSPS) is 10.7. The van der Waals surface area contributed by atoms with Gasteiger partial charge in [-0.25, -0.2) is 0 Å². The fourth-order valence-corrected chi connectivity index (χ4v) is 2.71. The molecule has 0 aliphatic heterocycles. The van der Waals surface area contributed by atoms with E-state index in [-0.39, 0.29) is 5.78 Å². The predicted octanol–water partition coefficient (Wildman–Crippen LogP) is 4.66. The molecule has 5 nitrogen and oxygen atoms in total. The van der Waals surface area contributed by atoms with Crippen molar-refractivity contribution in [3.8, 4) is 23.0 Å². The van der Waals surface area contributed by atoms with Crippen molar-refractivity contribution in [2.24, 2.45) is 0 Å². The van der Waals surface area contributed by atoms with Crippen LogP contribution in [0.5, 0.6) is 23.0 Å². The number of allylic oxidation sites excluding steroid dienone is 1. The Bertz CT molecular complexity index is 814.